The molecule has 1 N–H and O–H groups in total. The molecular weight excluding hydrogens is 377 g/mol. The smallest absolute Gasteiger partial charge is 0.225 e. The van der Waals surface area contributed by atoms with E-state index in [-0.39, 0.29) is 36.8 Å². The molecule has 2 fully saturated rings. The molecule has 2 aliphatic heterocycles. The van der Waals surface area contributed by atoms with Gasteiger partial charge >= 0.3 is 0 Å². The standard InChI is InChI=1S/C18H27N3O3.2ClH/c1-2-23-17-6-4-3-5-16(17)20-8-10-21(11-9-20)18(22)13-15-14-19-7-12-24-15;;/h3-6,15,19H,2,7-14H2,1H3;2*1H. The van der Waals surface area contributed by atoms with Crippen molar-refractivity contribution in [3.05, 3.63) is 24.3 Å². The van der Waals surface area contributed by atoms with E-state index in [1.165, 1.54) is 0 Å². The SMILES string of the molecule is CCOc1ccccc1N1CCN(C(=O)CC2CNCCO2)CC1.Cl.Cl. The van der Waals surface area contributed by atoms with E-state index in [0.717, 1.165) is 50.7 Å². The predicted molar refractivity (Wildman–Crippen MR) is 108 cm³/mol. The quantitative estimate of drug-likeness (QED) is 0.811. The summed E-state index contributed by atoms with van der Waals surface area (Å²) < 4.78 is 11.4. The number of ether oxygens (including phenoxy) is 2. The third kappa shape index (κ3) is 5.91. The van der Waals surface area contributed by atoms with E-state index in [9.17, 15) is 4.79 Å². The second-order valence-electron chi connectivity index (χ2n) is 6.17. The fourth-order valence-corrected chi connectivity index (χ4v) is 3.27. The van der Waals surface area contributed by atoms with Gasteiger partial charge in [-0.15, -0.1) is 24.8 Å². The van der Waals surface area contributed by atoms with Crippen LogP contribution in [0.25, 0.3) is 0 Å². The fraction of sp³-hybridized carbons (Fsp3) is 0.611. The van der Waals surface area contributed by atoms with Crippen molar-refractivity contribution in [3.8, 4) is 5.75 Å². The average Bonchev–Trinajstić information content (AvgIpc) is 2.63. The number of piperazine rings is 1. The van der Waals surface area contributed by atoms with Gasteiger partial charge in [-0.2, -0.15) is 0 Å². The van der Waals surface area contributed by atoms with Gasteiger partial charge in [0.05, 0.1) is 31.4 Å². The summed E-state index contributed by atoms with van der Waals surface area (Å²) in [5, 5.41) is 3.27. The molecule has 2 heterocycles. The van der Waals surface area contributed by atoms with Gasteiger partial charge in [0.15, 0.2) is 0 Å². The number of carbonyl (C=O) groups excluding carboxylic acids is 1. The number of nitrogens with one attached hydrogen (secondary N) is 1. The van der Waals surface area contributed by atoms with Crippen LogP contribution in [0.15, 0.2) is 24.3 Å². The highest BCUT2D eigenvalue weighted by molar-refractivity contribution is 5.85. The molecule has 2 saturated heterocycles. The molecule has 0 bridgehead atoms. The van der Waals surface area contributed by atoms with Crippen LogP contribution in [0.3, 0.4) is 0 Å². The first-order valence-corrected chi connectivity index (χ1v) is 8.85. The Morgan fingerprint density at radius 2 is 1.96 bits per heavy atom. The lowest BCUT2D eigenvalue weighted by Gasteiger charge is -2.37. The average molecular weight is 406 g/mol. The highest BCUT2D eigenvalue weighted by Gasteiger charge is 2.25. The summed E-state index contributed by atoms with van der Waals surface area (Å²) in [6.45, 7) is 8.16. The van der Waals surface area contributed by atoms with Gasteiger partial charge < -0.3 is 24.6 Å². The van der Waals surface area contributed by atoms with Crippen LogP contribution in [-0.2, 0) is 9.53 Å². The van der Waals surface area contributed by atoms with Crippen LogP contribution in [0, 0.1) is 0 Å². The number of hydrogen-bond acceptors (Lipinski definition) is 5. The molecule has 0 aliphatic carbocycles. The van der Waals surface area contributed by atoms with Gasteiger partial charge in [-0.25, -0.2) is 0 Å². The summed E-state index contributed by atoms with van der Waals surface area (Å²) >= 11 is 0. The third-order valence-electron chi connectivity index (χ3n) is 4.54. The molecule has 1 atom stereocenters. The van der Waals surface area contributed by atoms with Gasteiger partial charge in [0.2, 0.25) is 5.91 Å². The zero-order valence-electron chi connectivity index (χ0n) is 15.2. The fourth-order valence-electron chi connectivity index (χ4n) is 3.27. The van der Waals surface area contributed by atoms with E-state index in [2.05, 4.69) is 16.3 Å². The Kier molecular flexibility index (Phi) is 10.1. The van der Waals surface area contributed by atoms with Crippen molar-refractivity contribution in [2.45, 2.75) is 19.4 Å². The molecule has 148 valence electrons. The summed E-state index contributed by atoms with van der Waals surface area (Å²) in [5.74, 6) is 1.11. The van der Waals surface area contributed by atoms with E-state index < -0.39 is 0 Å². The van der Waals surface area contributed by atoms with E-state index in [4.69, 9.17) is 9.47 Å². The molecule has 1 amide bonds. The third-order valence-corrected chi connectivity index (χ3v) is 4.54. The van der Waals surface area contributed by atoms with Crippen LogP contribution in [0.4, 0.5) is 5.69 Å². The highest BCUT2D eigenvalue weighted by atomic mass is 35.5. The summed E-state index contributed by atoms with van der Waals surface area (Å²) in [7, 11) is 0. The summed E-state index contributed by atoms with van der Waals surface area (Å²) in [5.41, 5.74) is 1.12. The first-order chi connectivity index (χ1) is 11.8. The van der Waals surface area contributed by atoms with Gasteiger partial charge in [-0.1, -0.05) is 12.1 Å². The van der Waals surface area contributed by atoms with Crippen molar-refractivity contribution >= 4 is 36.4 Å². The van der Waals surface area contributed by atoms with Crippen molar-refractivity contribution in [3.63, 3.8) is 0 Å². The second kappa shape index (κ2) is 11.5. The summed E-state index contributed by atoms with van der Waals surface area (Å²) in [4.78, 5) is 16.7. The van der Waals surface area contributed by atoms with Crippen molar-refractivity contribution in [1.82, 2.24) is 10.2 Å². The molecule has 1 unspecified atom stereocenters. The molecule has 0 aromatic heterocycles. The van der Waals surface area contributed by atoms with E-state index in [1.807, 2.05) is 30.0 Å². The van der Waals surface area contributed by atoms with Gasteiger partial charge in [0, 0.05) is 39.3 Å². The van der Waals surface area contributed by atoms with Gasteiger partial charge in [-0.3, -0.25) is 4.79 Å². The Balaban J connectivity index is 0.00000169. The van der Waals surface area contributed by atoms with Crippen LogP contribution >= 0.6 is 24.8 Å². The molecular formula is C18H29Cl2N3O3. The van der Waals surface area contributed by atoms with Gasteiger partial charge in [0.25, 0.3) is 0 Å². The Morgan fingerprint density at radius 3 is 2.62 bits per heavy atom. The van der Waals surface area contributed by atoms with E-state index in [0.29, 0.717) is 19.6 Å². The topological polar surface area (TPSA) is 54.0 Å². The molecule has 26 heavy (non-hydrogen) atoms. The molecule has 3 rings (SSSR count). The number of hydrogen-bond donors (Lipinski definition) is 1. The van der Waals surface area contributed by atoms with E-state index >= 15 is 0 Å². The maximum Gasteiger partial charge on any atom is 0.225 e. The normalized spacial score (nSPS) is 20.0. The largest absolute Gasteiger partial charge is 0.492 e. The maximum absolute atomic E-state index is 12.5. The molecule has 0 saturated carbocycles. The second-order valence-corrected chi connectivity index (χ2v) is 6.17. The summed E-state index contributed by atoms with van der Waals surface area (Å²) in [6.07, 6.45) is 0.491. The van der Waals surface area contributed by atoms with Crippen molar-refractivity contribution in [2.24, 2.45) is 0 Å². The van der Waals surface area contributed by atoms with E-state index in [1.54, 1.807) is 0 Å². The number of anilines is 1. The minimum atomic E-state index is 0. The van der Waals surface area contributed by atoms with Crippen LogP contribution in [0.2, 0.25) is 0 Å². The number of benzene rings is 1. The Labute approximate surface area is 168 Å². The number of para-hydroxylation sites is 2. The van der Waals surface area contributed by atoms with Crippen LogP contribution < -0.4 is 15.0 Å². The maximum atomic E-state index is 12.5. The minimum absolute atomic E-state index is 0. The van der Waals surface area contributed by atoms with Crippen LogP contribution in [-0.4, -0.2) is 69.4 Å². The number of carbonyl (C=O) groups is 1. The zero-order chi connectivity index (χ0) is 16.8. The lowest BCUT2D eigenvalue weighted by atomic mass is 10.1. The zero-order valence-corrected chi connectivity index (χ0v) is 16.8. The van der Waals surface area contributed by atoms with Gasteiger partial charge in [0.1, 0.15) is 5.75 Å². The number of halogens is 2. The first kappa shape index (κ1) is 22.8. The number of nitrogens with zero attached hydrogens (tertiary/aromatic N) is 2. The molecule has 8 heteroatoms. The molecule has 0 spiro atoms. The summed E-state index contributed by atoms with van der Waals surface area (Å²) in [6, 6.07) is 8.11. The molecule has 6 nitrogen and oxygen atoms in total. The molecule has 1 aromatic rings. The monoisotopic (exact) mass is 405 g/mol. The predicted octanol–water partition coefficient (Wildman–Crippen LogP) is 1.96. The van der Waals surface area contributed by atoms with Crippen molar-refractivity contribution in [1.29, 1.82) is 0 Å². The van der Waals surface area contributed by atoms with Crippen molar-refractivity contribution in [2.75, 3.05) is 57.4 Å². The number of morpholine rings is 1. The highest BCUT2D eigenvalue weighted by Crippen LogP contribution is 2.28. The Bertz CT molecular complexity index is 548. The van der Waals surface area contributed by atoms with Crippen LogP contribution in [0.5, 0.6) is 5.75 Å². The Hall–Kier alpha value is -1.21. The van der Waals surface area contributed by atoms with Crippen LogP contribution in [0.1, 0.15) is 13.3 Å². The number of amides is 1. The van der Waals surface area contributed by atoms with Gasteiger partial charge in [-0.05, 0) is 19.1 Å². The van der Waals surface area contributed by atoms with Crippen molar-refractivity contribution < 1.29 is 14.3 Å². The minimum Gasteiger partial charge on any atom is -0.492 e. The Morgan fingerprint density at radius 1 is 1.23 bits per heavy atom. The molecule has 2 aliphatic rings. The molecule has 0 radical (unpaired) electrons. The number of rotatable bonds is 5. The molecule has 1 aromatic carbocycles. The first-order valence-electron chi connectivity index (χ1n) is 8.85. The lowest BCUT2D eigenvalue weighted by molar-refractivity contribution is -0.135. The lowest BCUT2D eigenvalue weighted by Crippen LogP contribution is -2.50.